The average molecular weight is 238 g/mol. The summed E-state index contributed by atoms with van der Waals surface area (Å²) in [5.74, 6) is 0. The lowest BCUT2D eigenvalue weighted by Gasteiger charge is -2.08. The first-order valence-corrected chi connectivity index (χ1v) is 5.89. The van der Waals surface area contributed by atoms with E-state index < -0.39 is 0 Å². The predicted molar refractivity (Wildman–Crippen MR) is 71.5 cm³/mol. The van der Waals surface area contributed by atoms with Crippen molar-refractivity contribution < 1.29 is 0 Å². The third kappa shape index (κ3) is 1.76. The van der Waals surface area contributed by atoms with Gasteiger partial charge >= 0.3 is 0 Å². The van der Waals surface area contributed by atoms with Crippen molar-refractivity contribution in [2.24, 2.45) is 5.73 Å². The van der Waals surface area contributed by atoms with Crippen molar-refractivity contribution in [3.63, 3.8) is 0 Å². The van der Waals surface area contributed by atoms with E-state index in [0.29, 0.717) is 6.54 Å². The van der Waals surface area contributed by atoms with Gasteiger partial charge in [-0.15, -0.1) is 0 Å². The third-order valence-corrected chi connectivity index (χ3v) is 2.93. The van der Waals surface area contributed by atoms with Crippen LogP contribution in [0.1, 0.15) is 11.4 Å². The summed E-state index contributed by atoms with van der Waals surface area (Å²) in [4.78, 5) is 4.52. The molecule has 0 amide bonds. The Morgan fingerprint density at radius 2 is 2.06 bits per heavy atom. The summed E-state index contributed by atoms with van der Waals surface area (Å²) < 4.78 is 1.87. The highest BCUT2D eigenvalue weighted by atomic mass is 15.3. The first kappa shape index (κ1) is 10.9. The molecule has 4 heteroatoms. The number of hydrogen-bond acceptors (Lipinski definition) is 3. The van der Waals surface area contributed by atoms with Crippen LogP contribution in [0.25, 0.3) is 16.6 Å². The zero-order valence-corrected chi connectivity index (χ0v) is 10.2. The average Bonchev–Trinajstić information content (AvgIpc) is 2.84. The molecule has 0 aliphatic rings. The standard InChI is InChI=1S/C14H14N4/c1-10-6-7-18(17-10)14-8-11(9-15)16-13-5-3-2-4-12(13)14/h2-8H,9,15H2,1H3. The summed E-state index contributed by atoms with van der Waals surface area (Å²) in [5, 5.41) is 5.54. The van der Waals surface area contributed by atoms with Gasteiger partial charge in [-0.3, -0.25) is 4.98 Å². The van der Waals surface area contributed by atoms with Crippen molar-refractivity contribution in [2.45, 2.75) is 13.5 Å². The molecule has 3 aromatic rings. The zero-order valence-electron chi connectivity index (χ0n) is 10.2. The van der Waals surface area contributed by atoms with Crippen molar-refractivity contribution in [3.05, 3.63) is 54.0 Å². The molecule has 18 heavy (non-hydrogen) atoms. The Bertz CT molecular complexity index is 700. The van der Waals surface area contributed by atoms with Gasteiger partial charge < -0.3 is 5.73 Å². The first-order valence-electron chi connectivity index (χ1n) is 5.89. The Labute approximate surface area is 105 Å². The van der Waals surface area contributed by atoms with E-state index in [1.165, 1.54) is 0 Å². The number of nitrogens with two attached hydrogens (primary N) is 1. The SMILES string of the molecule is Cc1ccn(-c2cc(CN)nc3ccccc23)n1. The lowest BCUT2D eigenvalue weighted by molar-refractivity contribution is 0.861. The van der Waals surface area contributed by atoms with E-state index in [1.54, 1.807) is 0 Å². The monoisotopic (exact) mass is 238 g/mol. The quantitative estimate of drug-likeness (QED) is 0.744. The molecule has 0 bridgehead atoms. The Morgan fingerprint density at radius 1 is 1.22 bits per heavy atom. The summed E-state index contributed by atoms with van der Waals surface area (Å²) in [5.41, 5.74) is 9.53. The molecule has 0 fully saturated rings. The third-order valence-electron chi connectivity index (χ3n) is 2.93. The summed E-state index contributed by atoms with van der Waals surface area (Å²) in [6.45, 7) is 2.40. The second-order valence-corrected chi connectivity index (χ2v) is 4.26. The number of benzene rings is 1. The van der Waals surface area contributed by atoms with E-state index >= 15 is 0 Å². The Morgan fingerprint density at radius 3 is 2.78 bits per heavy atom. The number of aromatic nitrogens is 3. The number of aryl methyl sites for hydroxylation is 1. The van der Waals surface area contributed by atoms with E-state index in [4.69, 9.17) is 5.73 Å². The van der Waals surface area contributed by atoms with Crippen LogP contribution in [0.2, 0.25) is 0 Å². The van der Waals surface area contributed by atoms with Crippen LogP contribution in [0.5, 0.6) is 0 Å². The maximum absolute atomic E-state index is 5.70. The van der Waals surface area contributed by atoms with Crippen molar-refractivity contribution in [1.82, 2.24) is 14.8 Å². The van der Waals surface area contributed by atoms with Crippen LogP contribution in [0.4, 0.5) is 0 Å². The van der Waals surface area contributed by atoms with E-state index in [2.05, 4.69) is 16.1 Å². The highest BCUT2D eigenvalue weighted by Crippen LogP contribution is 2.21. The normalized spacial score (nSPS) is 11.0. The van der Waals surface area contributed by atoms with Gasteiger partial charge in [0, 0.05) is 18.1 Å². The summed E-state index contributed by atoms with van der Waals surface area (Å²) >= 11 is 0. The number of nitrogens with zero attached hydrogens (tertiary/aromatic N) is 3. The number of pyridine rings is 1. The molecule has 4 nitrogen and oxygen atoms in total. The van der Waals surface area contributed by atoms with Crippen molar-refractivity contribution >= 4 is 10.9 Å². The summed E-state index contributed by atoms with van der Waals surface area (Å²) in [6, 6.07) is 12.0. The van der Waals surface area contributed by atoms with Gasteiger partial charge in [0.25, 0.3) is 0 Å². The Balaban J connectivity index is 2.32. The topological polar surface area (TPSA) is 56.7 Å². The summed E-state index contributed by atoms with van der Waals surface area (Å²) in [7, 11) is 0. The fraction of sp³-hybridized carbons (Fsp3) is 0.143. The molecule has 2 heterocycles. The zero-order chi connectivity index (χ0) is 12.5. The Hall–Kier alpha value is -2.20. The van der Waals surface area contributed by atoms with Gasteiger partial charge in [-0.05, 0) is 25.1 Å². The van der Waals surface area contributed by atoms with Gasteiger partial charge in [0.2, 0.25) is 0 Å². The second kappa shape index (κ2) is 4.23. The van der Waals surface area contributed by atoms with Crippen molar-refractivity contribution in [1.29, 1.82) is 0 Å². The fourth-order valence-corrected chi connectivity index (χ4v) is 2.05. The molecule has 0 aliphatic heterocycles. The van der Waals surface area contributed by atoms with Crippen molar-refractivity contribution in [2.75, 3.05) is 0 Å². The molecule has 1 aromatic carbocycles. The van der Waals surface area contributed by atoms with E-state index in [-0.39, 0.29) is 0 Å². The molecule has 0 aliphatic carbocycles. The van der Waals surface area contributed by atoms with E-state index in [1.807, 2.05) is 48.1 Å². The molecular formula is C14H14N4. The number of fused-ring (bicyclic) bond motifs is 1. The van der Waals surface area contributed by atoms with E-state index in [9.17, 15) is 0 Å². The molecule has 2 N–H and O–H groups in total. The molecule has 0 radical (unpaired) electrons. The van der Waals surface area contributed by atoms with Crippen LogP contribution >= 0.6 is 0 Å². The maximum Gasteiger partial charge on any atom is 0.0758 e. The van der Waals surface area contributed by atoms with Crippen LogP contribution in [-0.2, 0) is 6.54 Å². The highest BCUT2D eigenvalue weighted by Gasteiger charge is 2.07. The van der Waals surface area contributed by atoms with Crippen LogP contribution in [-0.4, -0.2) is 14.8 Å². The molecule has 0 atom stereocenters. The number of rotatable bonds is 2. The van der Waals surface area contributed by atoms with Crippen LogP contribution in [0, 0.1) is 6.92 Å². The minimum Gasteiger partial charge on any atom is -0.325 e. The van der Waals surface area contributed by atoms with Crippen LogP contribution in [0.3, 0.4) is 0 Å². The smallest absolute Gasteiger partial charge is 0.0758 e. The lowest BCUT2D eigenvalue weighted by Crippen LogP contribution is -2.04. The molecule has 0 saturated heterocycles. The predicted octanol–water partition coefficient (Wildman–Crippen LogP) is 2.19. The van der Waals surface area contributed by atoms with E-state index in [0.717, 1.165) is 28.0 Å². The second-order valence-electron chi connectivity index (χ2n) is 4.26. The van der Waals surface area contributed by atoms with Gasteiger partial charge in [0.1, 0.15) is 0 Å². The number of para-hydroxylation sites is 1. The Kier molecular flexibility index (Phi) is 2.57. The molecule has 3 rings (SSSR count). The largest absolute Gasteiger partial charge is 0.325 e. The van der Waals surface area contributed by atoms with Gasteiger partial charge in [-0.1, -0.05) is 18.2 Å². The molecule has 2 aromatic heterocycles. The summed E-state index contributed by atoms with van der Waals surface area (Å²) in [6.07, 6.45) is 1.96. The number of hydrogen-bond donors (Lipinski definition) is 1. The van der Waals surface area contributed by atoms with Gasteiger partial charge in [-0.25, -0.2) is 4.68 Å². The first-order chi connectivity index (χ1) is 8.78. The van der Waals surface area contributed by atoms with Crippen LogP contribution in [0.15, 0.2) is 42.6 Å². The van der Waals surface area contributed by atoms with Gasteiger partial charge in [0.15, 0.2) is 0 Å². The minimum atomic E-state index is 0.429. The molecule has 90 valence electrons. The highest BCUT2D eigenvalue weighted by molar-refractivity contribution is 5.87. The molecule has 0 saturated carbocycles. The molecular weight excluding hydrogens is 224 g/mol. The maximum atomic E-state index is 5.70. The van der Waals surface area contributed by atoms with Crippen LogP contribution < -0.4 is 5.73 Å². The molecule has 0 unspecified atom stereocenters. The fourth-order valence-electron chi connectivity index (χ4n) is 2.05. The minimum absolute atomic E-state index is 0.429. The molecule has 0 spiro atoms. The van der Waals surface area contributed by atoms with Gasteiger partial charge in [-0.2, -0.15) is 5.10 Å². The van der Waals surface area contributed by atoms with Gasteiger partial charge in [0.05, 0.1) is 22.6 Å². The lowest BCUT2D eigenvalue weighted by atomic mass is 10.1. The van der Waals surface area contributed by atoms with Crippen molar-refractivity contribution in [3.8, 4) is 5.69 Å².